The van der Waals surface area contributed by atoms with E-state index in [1.165, 1.54) is 4.31 Å². The third-order valence-electron chi connectivity index (χ3n) is 6.35. The van der Waals surface area contributed by atoms with E-state index in [2.05, 4.69) is 6.92 Å². The van der Waals surface area contributed by atoms with Crippen LogP contribution in [-0.4, -0.2) is 72.6 Å². The number of anilines is 1. The van der Waals surface area contributed by atoms with Gasteiger partial charge in [0.2, 0.25) is 10.0 Å². The number of ether oxygens (including phenoxy) is 1. The van der Waals surface area contributed by atoms with E-state index in [0.29, 0.717) is 5.69 Å². The zero-order valence-corrected chi connectivity index (χ0v) is 19.9. The Morgan fingerprint density at radius 3 is 2.44 bits per heavy atom. The Bertz CT molecular complexity index is 901. The molecule has 2 saturated heterocycles. The molecule has 0 aliphatic carbocycles. The second-order valence-electron chi connectivity index (χ2n) is 8.31. The molecule has 0 radical (unpaired) electrons. The van der Waals surface area contributed by atoms with Crippen molar-refractivity contribution in [3.05, 3.63) is 29.6 Å². The molecule has 1 aromatic rings. The zero-order valence-electron chi connectivity index (χ0n) is 18.3. The van der Waals surface area contributed by atoms with E-state index in [-0.39, 0.29) is 62.6 Å². The molecule has 2 fully saturated rings. The average molecular weight is 492 g/mol. The van der Waals surface area contributed by atoms with Gasteiger partial charge in [0.15, 0.2) is 4.75 Å². The highest BCUT2D eigenvalue weighted by molar-refractivity contribution is 7.91. The molecule has 180 valence electrons. The van der Waals surface area contributed by atoms with Crippen LogP contribution < -0.4 is 4.90 Å². The predicted molar refractivity (Wildman–Crippen MR) is 120 cm³/mol. The van der Waals surface area contributed by atoms with Gasteiger partial charge in [-0.25, -0.2) is 12.8 Å². The lowest BCUT2D eigenvalue weighted by molar-refractivity contribution is -0.152. The summed E-state index contributed by atoms with van der Waals surface area (Å²) in [6.45, 7) is 3.05. The van der Waals surface area contributed by atoms with Crippen LogP contribution in [0.25, 0.3) is 0 Å². The minimum atomic E-state index is -4.13. The molecule has 1 aromatic carbocycles. The van der Waals surface area contributed by atoms with E-state index in [1.807, 2.05) is 11.0 Å². The van der Waals surface area contributed by atoms with E-state index < -0.39 is 20.7 Å². The molecule has 0 spiro atoms. The predicted octanol–water partition coefficient (Wildman–Crippen LogP) is 2.93. The average Bonchev–Trinajstić information content (AvgIpc) is 2.79. The van der Waals surface area contributed by atoms with Crippen molar-refractivity contribution in [1.82, 2.24) is 8.89 Å². The first-order chi connectivity index (χ1) is 15.2. The van der Waals surface area contributed by atoms with Crippen LogP contribution in [0.3, 0.4) is 0 Å². The SMILES string of the molecule is CCCCCc1ccc(N2CCN(S(=O)(=O)C3(C(=O)N(O)Cl)CCOCC3)CC2)c(F)c1. The maximum atomic E-state index is 14.7. The van der Waals surface area contributed by atoms with Gasteiger partial charge in [-0.2, -0.15) is 4.31 Å². The lowest BCUT2D eigenvalue weighted by Crippen LogP contribution is -2.61. The van der Waals surface area contributed by atoms with E-state index in [1.54, 1.807) is 12.1 Å². The minimum absolute atomic E-state index is 0.0749. The smallest absolute Gasteiger partial charge is 0.284 e. The molecule has 0 bridgehead atoms. The Morgan fingerprint density at radius 2 is 1.88 bits per heavy atom. The number of benzene rings is 1. The number of hydrogen-bond donors (Lipinski definition) is 1. The summed E-state index contributed by atoms with van der Waals surface area (Å²) in [6.07, 6.45) is 3.88. The number of aryl methyl sites for hydroxylation is 1. The van der Waals surface area contributed by atoms with Crippen LogP contribution in [0.15, 0.2) is 18.2 Å². The van der Waals surface area contributed by atoms with Crippen molar-refractivity contribution in [2.75, 3.05) is 44.3 Å². The molecule has 8 nitrogen and oxygen atoms in total. The van der Waals surface area contributed by atoms with Gasteiger partial charge in [-0.05, 0) is 30.5 Å². The van der Waals surface area contributed by atoms with Gasteiger partial charge in [0.05, 0.1) is 5.69 Å². The quantitative estimate of drug-likeness (QED) is 0.260. The van der Waals surface area contributed by atoms with Crippen LogP contribution in [0.4, 0.5) is 10.1 Å². The number of hydrogen-bond acceptors (Lipinski definition) is 6. The van der Waals surface area contributed by atoms with Crippen molar-refractivity contribution in [1.29, 1.82) is 0 Å². The number of unbranched alkanes of at least 4 members (excludes halogenated alkanes) is 2. The van der Waals surface area contributed by atoms with E-state index in [4.69, 9.17) is 16.5 Å². The molecule has 0 saturated carbocycles. The van der Waals surface area contributed by atoms with Crippen molar-refractivity contribution in [2.45, 2.75) is 50.2 Å². The van der Waals surface area contributed by atoms with Gasteiger partial charge < -0.3 is 9.64 Å². The monoisotopic (exact) mass is 491 g/mol. The second kappa shape index (κ2) is 10.6. The van der Waals surface area contributed by atoms with Crippen LogP contribution in [0.2, 0.25) is 0 Å². The number of carbonyl (C=O) groups is 1. The molecule has 0 atom stereocenters. The fourth-order valence-electron chi connectivity index (χ4n) is 4.41. The molecule has 3 rings (SSSR count). The van der Waals surface area contributed by atoms with E-state index in [0.717, 1.165) is 31.2 Å². The molecule has 11 heteroatoms. The molecular weight excluding hydrogens is 461 g/mol. The van der Waals surface area contributed by atoms with Gasteiger partial charge >= 0.3 is 0 Å². The summed E-state index contributed by atoms with van der Waals surface area (Å²) in [5.41, 5.74) is 1.40. The Morgan fingerprint density at radius 1 is 1.22 bits per heavy atom. The standard InChI is InChI=1S/C21H31ClFN3O5S/c1-2-3-4-5-17-6-7-19(18(23)16-17)24-10-12-25(13-11-24)32(29,30)21(20(27)26(22)28)8-14-31-15-9-21/h6-7,16,28H,2-5,8-15H2,1H3. The van der Waals surface area contributed by atoms with Crippen LogP contribution in [0.1, 0.15) is 44.6 Å². The van der Waals surface area contributed by atoms with Gasteiger partial charge in [0, 0.05) is 64.0 Å². The van der Waals surface area contributed by atoms with Crippen molar-refractivity contribution in [3.63, 3.8) is 0 Å². The number of nitrogens with zero attached hydrogens (tertiary/aromatic N) is 3. The van der Waals surface area contributed by atoms with Crippen LogP contribution in [-0.2, 0) is 26.0 Å². The summed E-state index contributed by atoms with van der Waals surface area (Å²) < 4.78 is 46.1. The number of hydroxylamine groups is 1. The second-order valence-corrected chi connectivity index (χ2v) is 10.9. The molecule has 2 heterocycles. The van der Waals surface area contributed by atoms with Crippen molar-refractivity contribution in [3.8, 4) is 0 Å². The zero-order chi connectivity index (χ0) is 23.4. The Kier molecular flexibility index (Phi) is 8.37. The number of amides is 1. The molecule has 1 N–H and O–H groups in total. The Balaban J connectivity index is 1.71. The largest absolute Gasteiger partial charge is 0.381 e. The van der Waals surface area contributed by atoms with Crippen LogP contribution in [0, 0.1) is 5.82 Å². The first-order valence-electron chi connectivity index (χ1n) is 11.0. The van der Waals surface area contributed by atoms with Gasteiger partial charge in [0.1, 0.15) is 5.82 Å². The third kappa shape index (κ3) is 5.04. The summed E-state index contributed by atoms with van der Waals surface area (Å²) in [5, 5.41) is 9.49. The lowest BCUT2D eigenvalue weighted by atomic mass is 9.98. The normalized spacial score (nSPS) is 19.7. The van der Waals surface area contributed by atoms with Crippen molar-refractivity contribution < 1.29 is 27.5 Å². The fraction of sp³-hybridized carbons (Fsp3) is 0.667. The lowest BCUT2D eigenvalue weighted by Gasteiger charge is -2.42. The maximum Gasteiger partial charge on any atom is 0.284 e. The molecule has 32 heavy (non-hydrogen) atoms. The van der Waals surface area contributed by atoms with Gasteiger partial charge in [-0.1, -0.05) is 25.8 Å². The first-order valence-corrected chi connectivity index (χ1v) is 12.8. The van der Waals surface area contributed by atoms with E-state index >= 15 is 0 Å². The maximum absolute atomic E-state index is 14.7. The van der Waals surface area contributed by atoms with Gasteiger partial charge in [-0.15, -0.1) is 4.58 Å². The number of sulfonamides is 1. The molecular formula is C21H31ClFN3O5S. The Hall–Kier alpha value is -1.46. The fourth-order valence-corrected chi connectivity index (χ4v) is 6.75. The van der Waals surface area contributed by atoms with Crippen molar-refractivity contribution >= 4 is 33.4 Å². The molecule has 0 aromatic heterocycles. The molecule has 2 aliphatic heterocycles. The topological polar surface area (TPSA) is 90.4 Å². The molecule has 2 aliphatic rings. The number of halogens is 2. The van der Waals surface area contributed by atoms with Crippen LogP contribution >= 0.6 is 11.8 Å². The summed E-state index contributed by atoms with van der Waals surface area (Å²) in [5.74, 6) is -1.39. The highest BCUT2D eigenvalue weighted by Crippen LogP contribution is 2.35. The minimum Gasteiger partial charge on any atom is -0.381 e. The van der Waals surface area contributed by atoms with E-state index in [9.17, 15) is 22.8 Å². The first kappa shape index (κ1) is 25.2. The Labute approximate surface area is 194 Å². The van der Waals surface area contributed by atoms with Crippen LogP contribution in [0.5, 0.6) is 0 Å². The van der Waals surface area contributed by atoms with Gasteiger partial charge in [-0.3, -0.25) is 10.0 Å². The highest BCUT2D eigenvalue weighted by atomic mass is 35.5. The summed E-state index contributed by atoms with van der Waals surface area (Å²) in [4.78, 5) is 14.4. The number of piperazine rings is 1. The van der Waals surface area contributed by atoms with Crippen molar-refractivity contribution in [2.24, 2.45) is 0 Å². The summed E-state index contributed by atoms with van der Waals surface area (Å²) >= 11 is 5.44. The molecule has 1 amide bonds. The summed E-state index contributed by atoms with van der Waals surface area (Å²) in [6, 6.07) is 5.23. The highest BCUT2D eigenvalue weighted by Gasteiger charge is 2.56. The van der Waals surface area contributed by atoms with Gasteiger partial charge in [0.25, 0.3) is 5.91 Å². The molecule has 0 unspecified atom stereocenters. The summed E-state index contributed by atoms with van der Waals surface area (Å²) in [7, 11) is -4.13. The third-order valence-corrected chi connectivity index (χ3v) is 9.12. The number of rotatable bonds is 8. The number of carbonyl (C=O) groups excluding carboxylic acids is 1.